The topological polar surface area (TPSA) is 129 Å². The van der Waals surface area contributed by atoms with Crippen molar-refractivity contribution in [3.63, 3.8) is 0 Å². The average Bonchev–Trinajstić information content (AvgIpc) is 3.37. The summed E-state index contributed by atoms with van der Waals surface area (Å²) < 4.78 is 105. The van der Waals surface area contributed by atoms with Crippen LogP contribution in [0.4, 0.5) is 37.8 Å². The Kier molecular flexibility index (Phi) is 7.72. The number of aromatic nitrogens is 4. The first-order valence-corrected chi connectivity index (χ1v) is 15.6. The van der Waals surface area contributed by atoms with E-state index in [4.69, 9.17) is 4.78 Å². The van der Waals surface area contributed by atoms with E-state index in [1.165, 1.54) is 12.1 Å². The van der Waals surface area contributed by atoms with Crippen molar-refractivity contribution in [2.75, 3.05) is 5.32 Å². The summed E-state index contributed by atoms with van der Waals surface area (Å²) in [5, 5.41) is 18.3. The Morgan fingerprint density at radius 3 is 2.30 bits per heavy atom. The molecule has 9 nitrogen and oxygen atoms in total. The van der Waals surface area contributed by atoms with Crippen LogP contribution in [-0.2, 0) is 16.5 Å². The van der Waals surface area contributed by atoms with Crippen LogP contribution in [0.3, 0.4) is 0 Å². The number of benzene rings is 2. The van der Waals surface area contributed by atoms with Gasteiger partial charge in [0.25, 0.3) is 5.60 Å². The minimum atomic E-state index is -5.98. The lowest BCUT2D eigenvalue weighted by molar-refractivity contribution is -0.372. The van der Waals surface area contributed by atoms with Crippen molar-refractivity contribution < 1.29 is 35.7 Å². The molecule has 3 aromatic heterocycles. The maximum atomic E-state index is 13.3. The number of alkyl halides is 6. The Bertz CT molecular complexity index is 2030. The minimum Gasteiger partial charge on any atom is -0.372 e. The van der Waals surface area contributed by atoms with Gasteiger partial charge in [-0.05, 0) is 67.8 Å². The second-order valence-corrected chi connectivity index (χ2v) is 13.0. The minimum absolute atomic E-state index is 0.0274. The number of anilines is 2. The van der Waals surface area contributed by atoms with Crippen LogP contribution in [0, 0.1) is 11.7 Å². The van der Waals surface area contributed by atoms with Gasteiger partial charge in [-0.25, -0.2) is 18.7 Å². The predicted octanol–water partition coefficient (Wildman–Crippen LogP) is 7.02. The second kappa shape index (κ2) is 11.2. The van der Waals surface area contributed by atoms with E-state index in [0.29, 0.717) is 43.3 Å². The van der Waals surface area contributed by atoms with Crippen LogP contribution in [-0.4, -0.2) is 53.1 Å². The van der Waals surface area contributed by atoms with Crippen LogP contribution in [0.15, 0.2) is 72.0 Å². The Morgan fingerprint density at radius 1 is 0.978 bits per heavy atom. The molecule has 1 aliphatic rings. The summed E-state index contributed by atoms with van der Waals surface area (Å²) in [4.78, 5) is 9.33. The molecule has 46 heavy (non-hydrogen) atoms. The lowest BCUT2D eigenvalue weighted by Crippen LogP contribution is -2.59. The van der Waals surface area contributed by atoms with Gasteiger partial charge in [0.15, 0.2) is 0 Å². The second-order valence-electron chi connectivity index (χ2n) is 11.2. The fourth-order valence-electron chi connectivity index (χ4n) is 5.29. The van der Waals surface area contributed by atoms with E-state index in [2.05, 4.69) is 25.1 Å². The van der Waals surface area contributed by atoms with Crippen LogP contribution >= 0.6 is 0 Å². The number of pyridine rings is 2. The Hall–Kier alpha value is -4.28. The predicted molar refractivity (Wildman–Crippen MR) is 160 cm³/mol. The maximum Gasteiger partial charge on any atom is 0.428 e. The lowest BCUT2D eigenvalue weighted by atomic mass is 9.94. The van der Waals surface area contributed by atoms with Gasteiger partial charge in [0.2, 0.25) is 0 Å². The van der Waals surface area contributed by atoms with Gasteiger partial charge in [0.1, 0.15) is 15.7 Å². The summed E-state index contributed by atoms with van der Waals surface area (Å²) in [6.45, 7) is -0.220. The molecule has 1 aliphatic carbocycles. The largest absolute Gasteiger partial charge is 0.428 e. The molecule has 2 aromatic carbocycles. The molecule has 0 amide bonds. The number of nitrogens with zero attached hydrogens (tertiary/aromatic N) is 4. The fraction of sp³-hybridized carbons (Fsp3) is 0.300. The fourth-order valence-corrected chi connectivity index (χ4v) is 6.65. The van der Waals surface area contributed by atoms with Gasteiger partial charge >= 0.3 is 12.4 Å². The van der Waals surface area contributed by atoms with E-state index in [1.54, 1.807) is 55.7 Å². The molecule has 0 bridgehead atoms. The van der Waals surface area contributed by atoms with E-state index >= 15 is 0 Å². The molecule has 1 saturated carbocycles. The summed E-state index contributed by atoms with van der Waals surface area (Å²) in [7, 11) is -3.14. The van der Waals surface area contributed by atoms with Crippen LogP contribution in [0.5, 0.6) is 0 Å². The summed E-state index contributed by atoms with van der Waals surface area (Å²) in [6.07, 6.45) is -4.80. The highest BCUT2D eigenvalue weighted by atomic mass is 32.2. The molecule has 16 heteroatoms. The molecular formula is C30H27F6N7O2S. The number of aryl methyl sites for hydroxylation is 1. The molecule has 3 heterocycles. The number of hydrogen-bond acceptors (Lipinski definition) is 7. The summed E-state index contributed by atoms with van der Waals surface area (Å²) in [5.74, 6) is 0.443. The third kappa shape index (κ3) is 5.64. The zero-order valence-corrected chi connectivity index (χ0v) is 24.9. The van der Waals surface area contributed by atoms with Crippen LogP contribution in [0.1, 0.15) is 24.8 Å². The monoisotopic (exact) mass is 663 g/mol. The summed E-state index contributed by atoms with van der Waals surface area (Å²) in [6, 6.07) is 13.0. The highest BCUT2D eigenvalue weighted by molar-refractivity contribution is 7.90. The molecule has 0 spiro atoms. The molecule has 0 radical (unpaired) electrons. The van der Waals surface area contributed by atoms with Crippen molar-refractivity contribution in [3.05, 3.63) is 72.7 Å². The molecule has 5 aromatic rings. The maximum absolute atomic E-state index is 13.3. The Morgan fingerprint density at radius 2 is 1.67 bits per heavy atom. The lowest BCUT2D eigenvalue weighted by Gasteiger charge is -2.32. The van der Waals surface area contributed by atoms with E-state index < -0.39 is 34.4 Å². The number of aliphatic hydroxyl groups is 1. The van der Waals surface area contributed by atoms with Crippen molar-refractivity contribution in [1.29, 1.82) is 4.78 Å². The third-order valence-electron chi connectivity index (χ3n) is 8.21. The van der Waals surface area contributed by atoms with Crippen molar-refractivity contribution >= 4 is 43.1 Å². The van der Waals surface area contributed by atoms with Gasteiger partial charge in [0.05, 0.1) is 28.8 Å². The van der Waals surface area contributed by atoms with Gasteiger partial charge in [0, 0.05) is 45.8 Å². The van der Waals surface area contributed by atoms with Gasteiger partial charge in [-0.15, -0.1) is 0 Å². The molecular weight excluding hydrogens is 636 g/mol. The highest BCUT2D eigenvalue weighted by Gasteiger charge is 2.70. The molecule has 1 fully saturated rings. The number of hydrogen-bond donors (Lipinski definition) is 4. The van der Waals surface area contributed by atoms with Gasteiger partial charge < -0.3 is 10.4 Å². The third-order valence-corrected chi connectivity index (χ3v) is 9.81. The van der Waals surface area contributed by atoms with Gasteiger partial charge in [-0.2, -0.15) is 31.4 Å². The van der Waals surface area contributed by atoms with Crippen LogP contribution < -0.4 is 10.0 Å². The standard InChI is InChI=1S/C30H27F6N7O2S/c1-17-22(9-10-25-24(17)15-40-43(25)16-28(44,29(31,32)33)30(34,35)36)27-23-13-26(39-14-18(23)11-12-38-27)41-19-5-7-21(8-6-19)46(37,45)42-20-3-2-4-20/h5-15,20,44H,2-4,16H2,1H3,(H,39,41)(H2,37,42,45). The quantitative estimate of drug-likeness (QED) is 0.132. The smallest absolute Gasteiger partial charge is 0.372 e. The molecule has 4 N–H and O–H groups in total. The Labute approximate surface area is 258 Å². The molecule has 0 saturated heterocycles. The normalized spacial score (nSPS) is 16.0. The van der Waals surface area contributed by atoms with Gasteiger partial charge in [-0.3, -0.25) is 9.67 Å². The van der Waals surface area contributed by atoms with E-state index in [-0.39, 0.29) is 16.9 Å². The van der Waals surface area contributed by atoms with Crippen LogP contribution in [0.2, 0.25) is 0 Å². The first-order valence-electron chi connectivity index (χ1n) is 14.1. The van der Waals surface area contributed by atoms with Gasteiger partial charge in [-0.1, -0.05) is 12.5 Å². The highest BCUT2D eigenvalue weighted by Crippen LogP contribution is 2.44. The summed E-state index contributed by atoms with van der Waals surface area (Å²) in [5.41, 5.74) is -2.84. The molecule has 0 aliphatic heterocycles. The zero-order valence-electron chi connectivity index (χ0n) is 24.1. The molecule has 242 valence electrons. The van der Waals surface area contributed by atoms with Crippen molar-refractivity contribution in [2.24, 2.45) is 0 Å². The number of rotatable bonds is 8. The van der Waals surface area contributed by atoms with Crippen molar-refractivity contribution in [3.8, 4) is 11.3 Å². The molecule has 6 rings (SSSR count). The summed E-state index contributed by atoms with van der Waals surface area (Å²) >= 11 is 0. The first kappa shape index (κ1) is 31.7. The molecule has 1 atom stereocenters. The number of fused-ring (bicyclic) bond motifs is 2. The van der Waals surface area contributed by atoms with E-state index in [1.807, 2.05) is 0 Å². The van der Waals surface area contributed by atoms with Crippen molar-refractivity contribution in [1.82, 2.24) is 24.5 Å². The van der Waals surface area contributed by atoms with Crippen LogP contribution in [0.25, 0.3) is 32.9 Å². The molecule has 1 unspecified atom stereocenters. The average molecular weight is 664 g/mol. The van der Waals surface area contributed by atoms with Crippen molar-refractivity contribution in [2.45, 2.75) is 61.6 Å². The Balaban J connectivity index is 1.30. The number of halogens is 6. The first-order chi connectivity index (χ1) is 21.6. The van der Waals surface area contributed by atoms with E-state index in [0.717, 1.165) is 30.8 Å². The SMILES string of the molecule is Cc1c(-c2nccc3cnc(Nc4ccc(S(=N)(=O)NC5CCC5)cc4)cc23)ccc2c1cnn2CC(O)(C(F)(F)F)C(F)(F)F. The zero-order chi connectivity index (χ0) is 33.1. The van der Waals surface area contributed by atoms with E-state index in [9.17, 15) is 35.7 Å². The number of nitrogens with one attached hydrogen (secondary N) is 3.